The van der Waals surface area contributed by atoms with E-state index in [4.69, 9.17) is 27.7 Å². The standard InChI is InChI=1S/C18H9Cl2F3N4O/c19-11-3-1-10(2-4-11)16-25-17(28-26-16)14-9-24-27(15(14)18(21,22)23)13-7-5-12(20)6-8-13/h1-9H. The summed E-state index contributed by atoms with van der Waals surface area (Å²) in [5.41, 5.74) is -0.602. The zero-order chi connectivity index (χ0) is 19.9. The number of halogens is 5. The van der Waals surface area contributed by atoms with E-state index in [9.17, 15) is 13.2 Å². The fourth-order valence-electron chi connectivity index (χ4n) is 2.60. The Kier molecular flexibility index (Phi) is 4.60. The Bertz CT molecular complexity index is 1120. The zero-order valence-corrected chi connectivity index (χ0v) is 15.3. The van der Waals surface area contributed by atoms with Crippen molar-refractivity contribution < 1.29 is 17.7 Å². The fourth-order valence-corrected chi connectivity index (χ4v) is 2.86. The van der Waals surface area contributed by atoms with Gasteiger partial charge in [-0.3, -0.25) is 0 Å². The van der Waals surface area contributed by atoms with Crippen LogP contribution in [0, 0.1) is 0 Å². The topological polar surface area (TPSA) is 56.7 Å². The second kappa shape index (κ2) is 6.96. The van der Waals surface area contributed by atoms with E-state index in [1.165, 1.54) is 24.3 Å². The molecular weight excluding hydrogens is 416 g/mol. The van der Waals surface area contributed by atoms with Crippen LogP contribution in [0.2, 0.25) is 10.0 Å². The first-order valence-electron chi connectivity index (χ1n) is 7.84. The third kappa shape index (κ3) is 3.48. The Morgan fingerprint density at radius 1 is 0.893 bits per heavy atom. The van der Waals surface area contributed by atoms with Crippen LogP contribution < -0.4 is 0 Å². The highest BCUT2D eigenvalue weighted by Crippen LogP contribution is 2.38. The third-order valence-electron chi connectivity index (χ3n) is 3.87. The minimum Gasteiger partial charge on any atom is -0.333 e. The Labute approximate surface area is 166 Å². The van der Waals surface area contributed by atoms with Gasteiger partial charge in [-0.2, -0.15) is 23.3 Å². The van der Waals surface area contributed by atoms with Crippen LogP contribution in [-0.2, 0) is 6.18 Å². The molecule has 0 saturated carbocycles. The predicted octanol–water partition coefficient (Wildman–Crippen LogP) is 5.91. The van der Waals surface area contributed by atoms with Gasteiger partial charge in [-0.25, -0.2) is 4.68 Å². The summed E-state index contributed by atoms with van der Waals surface area (Å²) < 4.78 is 47.2. The summed E-state index contributed by atoms with van der Waals surface area (Å²) in [5, 5.41) is 8.53. The van der Waals surface area contributed by atoms with Crippen molar-refractivity contribution in [2.45, 2.75) is 6.18 Å². The van der Waals surface area contributed by atoms with Gasteiger partial charge >= 0.3 is 6.18 Å². The minimum absolute atomic E-state index is 0.138. The molecule has 5 nitrogen and oxygen atoms in total. The van der Waals surface area contributed by atoms with Gasteiger partial charge in [0.25, 0.3) is 5.89 Å². The van der Waals surface area contributed by atoms with Gasteiger partial charge in [-0.1, -0.05) is 28.4 Å². The van der Waals surface area contributed by atoms with Crippen molar-refractivity contribution in [3.05, 3.63) is 70.5 Å². The van der Waals surface area contributed by atoms with Crippen LogP contribution in [0.4, 0.5) is 13.2 Å². The third-order valence-corrected chi connectivity index (χ3v) is 4.37. The van der Waals surface area contributed by atoms with E-state index < -0.39 is 11.9 Å². The second-order valence-electron chi connectivity index (χ2n) is 5.72. The van der Waals surface area contributed by atoms with Crippen molar-refractivity contribution in [3.8, 4) is 28.5 Å². The van der Waals surface area contributed by atoms with Gasteiger partial charge in [-0.05, 0) is 48.5 Å². The second-order valence-corrected chi connectivity index (χ2v) is 6.60. The summed E-state index contributed by atoms with van der Waals surface area (Å²) in [5.74, 6) is -0.156. The highest BCUT2D eigenvalue weighted by molar-refractivity contribution is 6.30. The van der Waals surface area contributed by atoms with E-state index in [0.29, 0.717) is 15.6 Å². The van der Waals surface area contributed by atoms with E-state index >= 15 is 0 Å². The molecule has 0 fully saturated rings. The van der Waals surface area contributed by atoms with Gasteiger partial charge < -0.3 is 4.52 Å². The first-order chi connectivity index (χ1) is 13.3. The molecule has 0 bridgehead atoms. The van der Waals surface area contributed by atoms with Gasteiger partial charge in [0.05, 0.1) is 17.4 Å². The SMILES string of the molecule is FC(F)(F)c1c(-c2nc(-c3ccc(Cl)cc3)no2)cnn1-c1ccc(Cl)cc1. The quantitative estimate of drug-likeness (QED) is 0.409. The van der Waals surface area contributed by atoms with Crippen molar-refractivity contribution in [3.63, 3.8) is 0 Å². The smallest absolute Gasteiger partial charge is 0.333 e. The van der Waals surface area contributed by atoms with E-state index in [1.54, 1.807) is 24.3 Å². The Morgan fingerprint density at radius 2 is 1.50 bits per heavy atom. The molecule has 0 amide bonds. The predicted molar refractivity (Wildman–Crippen MR) is 97.3 cm³/mol. The van der Waals surface area contributed by atoms with Crippen molar-refractivity contribution >= 4 is 23.2 Å². The molecule has 4 aromatic rings. The molecule has 10 heteroatoms. The molecule has 0 aliphatic rings. The summed E-state index contributed by atoms with van der Waals surface area (Å²) in [4.78, 5) is 4.08. The minimum atomic E-state index is -4.71. The molecule has 0 unspecified atom stereocenters. The van der Waals surface area contributed by atoms with Gasteiger partial charge in [0.2, 0.25) is 5.82 Å². The number of nitrogens with zero attached hydrogens (tertiary/aromatic N) is 4. The van der Waals surface area contributed by atoms with Crippen LogP contribution in [-0.4, -0.2) is 19.9 Å². The molecule has 0 aliphatic carbocycles. The number of benzene rings is 2. The lowest BCUT2D eigenvalue weighted by Crippen LogP contribution is -2.14. The van der Waals surface area contributed by atoms with Crippen molar-refractivity contribution in [2.24, 2.45) is 0 Å². The van der Waals surface area contributed by atoms with Crippen LogP contribution in [0.5, 0.6) is 0 Å². The summed E-state index contributed by atoms with van der Waals surface area (Å²) in [6, 6.07) is 12.3. The summed E-state index contributed by atoms with van der Waals surface area (Å²) in [6.07, 6.45) is -3.67. The number of hydrogen-bond donors (Lipinski definition) is 0. The maximum Gasteiger partial charge on any atom is 0.434 e. The van der Waals surface area contributed by atoms with E-state index in [2.05, 4.69) is 15.2 Å². The van der Waals surface area contributed by atoms with Crippen LogP contribution >= 0.6 is 23.2 Å². The number of hydrogen-bond acceptors (Lipinski definition) is 4. The number of rotatable bonds is 3. The zero-order valence-electron chi connectivity index (χ0n) is 13.8. The molecule has 0 saturated heterocycles. The van der Waals surface area contributed by atoms with Gasteiger partial charge in [-0.15, -0.1) is 0 Å². The number of aromatic nitrogens is 4. The molecule has 4 rings (SSSR count). The van der Waals surface area contributed by atoms with E-state index in [-0.39, 0.29) is 23.0 Å². The highest BCUT2D eigenvalue weighted by atomic mass is 35.5. The average molecular weight is 425 g/mol. The lowest BCUT2D eigenvalue weighted by Gasteiger charge is -2.11. The summed E-state index contributed by atoms with van der Waals surface area (Å²) in [7, 11) is 0. The van der Waals surface area contributed by atoms with Crippen LogP contribution in [0.1, 0.15) is 5.69 Å². The Hall–Kier alpha value is -2.84. The lowest BCUT2D eigenvalue weighted by atomic mass is 10.2. The molecule has 142 valence electrons. The van der Waals surface area contributed by atoms with Crippen LogP contribution in [0.25, 0.3) is 28.5 Å². The Morgan fingerprint density at radius 3 is 2.11 bits per heavy atom. The molecule has 2 aromatic carbocycles. The van der Waals surface area contributed by atoms with Crippen LogP contribution in [0.3, 0.4) is 0 Å². The molecule has 2 heterocycles. The summed E-state index contributed by atoms with van der Waals surface area (Å²) in [6.45, 7) is 0. The van der Waals surface area contributed by atoms with Crippen molar-refractivity contribution in [1.82, 2.24) is 19.9 Å². The highest BCUT2D eigenvalue weighted by Gasteiger charge is 2.40. The summed E-state index contributed by atoms with van der Waals surface area (Å²) >= 11 is 11.6. The monoisotopic (exact) mass is 424 g/mol. The molecular formula is C18H9Cl2F3N4O. The maximum atomic E-state index is 13.8. The molecule has 0 atom stereocenters. The number of alkyl halides is 3. The molecule has 0 spiro atoms. The average Bonchev–Trinajstić information content (AvgIpc) is 3.29. The lowest BCUT2D eigenvalue weighted by molar-refractivity contribution is -0.142. The first kappa shape index (κ1) is 18.5. The van der Waals surface area contributed by atoms with E-state index in [0.717, 1.165) is 10.9 Å². The maximum absolute atomic E-state index is 13.8. The first-order valence-corrected chi connectivity index (χ1v) is 8.60. The van der Waals surface area contributed by atoms with Gasteiger partial charge in [0.15, 0.2) is 5.69 Å². The van der Waals surface area contributed by atoms with Gasteiger partial charge in [0.1, 0.15) is 0 Å². The molecule has 0 N–H and O–H groups in total. The fraction of sp³-hybridized carbons (Fsp3) is 0.0556. The molecule has 0 radical (unpaired) electrons. The molecule has 0 aliphatic heterocycles. The molecule has 28 heavy (non-hydrogen) atoms. The molecule has 2 aromatic heterocycles. The van der Waals surface area contributed by atoms with Crippen LogP contribution in [0.15, 0.2) is 59.3 Å². The Balaban J connectivity index is 1.80. The van der Waals surface area contributed by atoms with E-state index in [1.807, 2.05) is 0 Å². The normalized spacial score (nSPS) is 11.8. The van der Waals surface area contributed by atoms with Crippen molar-refractivity contribution in [1.29, 1.82) is 0 Å². The largest absolute Gasteiger partial charge is 0.434 e. The van der Waals surface area contributed by atoms with Gasteiger partial charge in [0, 0.05) is 15.6 Å². The van der Waals surface area contributed by atoms with Crippen molar-refractivity contribution in [2.75, 3.05) is 0 Å².